The summed E-state index contributed by atoms with van der Waals surface area (Å²) in [6, 6.07) is 7.50. The van der Waals surface area contributed by atoms with Crippen molar-refractivity contribution in [1.82, 2.24) is 10.6 Å². The number of halogens is 1. The number of amides is 1. The third-order valence-corrected chi connectivity index (χ3v) is 3.83. The molecule has 2 unspecified atom stereocenters. The van der Waals surface area contributed by atoms with Crippen molar-refractivity contribution in [2.24, 2.45) is 5.92 Å². The average molecular weight is 313 g/mol. The van der Waals surface area contributed by atoms with E-state index < -0.39 is 0 Å². The van der Waals surface area contributed by atoms with E-state index in [0.29, 0.717) is 18.1 Å². The van der Waals surface area contributed by atoms with E-state index in [0.717, 1.165) is 18.8 Å². The van der Waals surface area contributed by atoms with E-state index in [-0.39, 0.29) is 24.4 Å². The second-order valence-electron chi connectivity index (χ2n) is 5.33. The summed E-state index contributed by atoms with van der Waals surface area (Å²) in [6.07, 6.45) is 2.37. The molecule has 1 heterocycles. The van der Waals surface area contributed by atoms with E-state index in [4.69, 9.17) is 4.74 Å². The Bertz CT molecular complexity index is 430. The number of benzene rings is 1. The van der Waals surface area contributed by atoms with Crippen molar-refractivity contribution in [1.29, 1.82) is 0 Å². The van der Waals surface area contributed by atoms with Crippen LogP contribution >= 0.6 is 12.4 Å². The summed E-state index contributed by atoms with van der Waals surface area (Å²) in [4.78, 5) is 12.2. The molecule has 21 heavy (non-hydrogen) atoms. The fraction of sp³-hybridized carbons (Fsp3) is 0.562. The SMILES string of the molecule is CCOc1ccc(C(=O)NC(C)C2CCCNC2)cc1.Cl. The van der Waals surface area contributed by atoms with Gasteiger partial charge in [0, 0.05) is 11.6 Å². The molecule has 0 bridgehead atoms. The number of carbonyl (C=O) groups excluding carboxylic acids is 1. The average Bonchev–Trinajstić information content (AvgIpc) is 2.49. The Balaban J connectivity index is 0.00000220. The molecule has 1 saturated heterocycles. The lowest BCUT2D eigenvalue weighted by atomic mass is 9.92. The number of rotatable bonds is 5. The van der Waals surface area contributed by atoms with Crippen molar-refractivity contribution in [2.45, 2.75) is 32.7 Å². The zero-order chi connectivity index (χ0) is 14.4. The normalized spacial score (nSPS) is 19.2. The van der Waals surface area contributed by atoms with Crippen LogP contribution in [0.3, 0.4) is 0 Å². The van der Waals surface area contributed by atoms with Gasteiger partial charge < -0.3 is 15.4 Å². The number of nitrogens with one attached hydrogen (secondary N) is 2. The number of carbonyl (C=O) groups is 1. The van der Waals surface area contributed by atoms with Crippen LogP contribution in [0, 0.1) is 5.92 Å². The molecule has 5 heteroatoms. The van der Waals surface area contributed by atoms with Gasteiger partial charge in [0.25, 0.3) is 5.91 Å². The molecule has 0 spiro atoms. The standard InChI is InChI=1S/C16H24N2O2.ClH/c1-3-20-15-8-6-13(7-9-15)16(19)18-12(2)14-5-4-10-17-11-14;/h6-9,12,14,17H,3-5,10-11H2,1-2H3,(H,18,19);1H. The highest BCUT2D eigenvalue weighted by atomic mass is 35.5. The molecular weight excluding hydrogens is 288 g/mol. The third-order valence-electron chi connectivity index (χ3n) is 3.83. The lowest BCUT2D eigenvalue weighted by Crippen LogP contribution is -2.44. The van der Waals surface area contributed by atoms with Gasteiger partial charge in [0.05, 0.1) is 6.61 Å². The number of hydrogen-bond donors (Lipinski definition) is 2. The molecule has 1 aromatic carbocycles. The van der Waals surface area contributed by atoms with Crippen molar-refractivity contribution in [3.8, 4) is 5.75 Å². The van der Waals surface area contributed by atoms with Crippen LogP contribution in [0.25, 0.3) is 0 Å². The molecule has 1 aromatic rings. The summed E-state index contributed by atoms with van der Waals surface area (Å²) in [5, 5.41) is 6.48. The zero-order valence-electron chi connectivity index (χ0n) is 12.7. The molecule has 0 saturated carbocycles. The first-order valence-electron chi connectivity index (χ1n) is 7.45. The van der Waals surface area contributed by atoms with E-state index in [2.05, 4.69) is 17.6 Å². The van der Waals surface area contributed by atoms with Gasteiger partial charge >= 0.3 is 0 Å². The van der Waals surface area contributed by atoms with E-state index in [1.165, 1.54) is 12.8 Å². The first-order chi connectivity index (χ1) is 9.70. The predicted octanol–water partition coefficient (Wildman–Crippen LogP) is 2.63. The van der Waals surface area contributed by atoms with Crippen molar-refractivity contribution < 1.29 is 9.53 Å². The maximum atomic E-state index is 12.2. The Hall–Kier alpha value is -1.26. The Labute approximate surface area is 133 Å². The highest BCUT2D eigenvalue weighted by Gasteiger charge is 2.21. The smallest absolute Gasteiger partial charge is 0.251 e. The molecule has 2 atom stereocenters. The highest BCUT2D eigenvalue weighted by Crippen LogP contribution is 2.16. The fourth-order valence-electron chi connectivity index (χ4n) is 2.58. The third kappa shape index (κ3) is 5.21. The molecule has 0 aromatic heterocycles. The topological polar surface area (TPSA) is 50.4 Å². The fourth-order valence-corrected chi connectivity index (χ4v) is 2.58. The Morgan fingerprint density at radius 1 is 1.43 bits per heavy atom. The van der Waals surface area contributed by atoms with Crippen molar-refractivity contribution in [3.05, 3.63) is 29.8 Å². The maximum Gasteiger partial charge on any atom is 0.251 e. The van der Waals surface area contributed by atoms with Crippen molar-refractivity contribution in [2.75, 3.05) is 19.7 Å². The minimum absolute atomic E-state index is 0. The summed E-state index contributed by atoms with van der Waals surface area (Å²) in [5.41, 5.74) is 0.684. The van der Waals surface area contributed by atoms with E-state index in [9.17, 15) is 4.79 Å². The molecular formula is C16H25ClN2O2. The van der Waals surface area contributed by atoms with Crippen LogP contribution in [-0.2, 0) is 0 Å². The summed E-state index contributed by atoms with van der Waals surface area (Å²) in [6.45, 7) is 6.75. The molecule has 118 valence electrons. The molecule has 2 N–H and O–H groups in total. The first-order valence-corrected chi connectivity index (χ1v) is 7.45. The summed E-state index contributed by atoms with van der Waals surface area (Å²) in [7, 11) is 0. The maximum absolute atomic E-state index is 12.2. The molecule has 1 fully saturated rings. The van der Waals surface area contributed by atoms with Gasteiger partial charge in [0.1, 0.15) is 5.75 Å². The predicted molar refractivity (Wildman–Crippen MR) is 87.4 cm³/mol. The molecule has 1 aliphatic heterocycles. The number of hydrogen-bond acceptors (Lipinski definition) is 3. The van der Waals surface area contributed by atoms with Crippen LogP contribution in [0.4, 0.5) is 0 Å². The van der Waals surface area contributed by atoms with Crippen LogP contribution in [-0.4, -0.2) is 31.6 Å². The van der Waals surface area contributed by atoms with Gasteiger partial charge in [-0.2, -0.15) is 0 Å². The summed E-state index contributed by atoms with van der Waals surface area (Å²) in [5.74, 6) is 1.31. The second-order valence-corrected chi connectivity index (χ2v) is 5.33. The van der Waals surface area contributed by atoms with Crippen LogP contribution in [0.1, 0.15) is 37.0 Å². The van der Waals surface area contributed by atoms with E-state index in [1.807, 2.05) is 31.2 Å². The van der Waals surface area contributed by atoms with Crippen LogP contribution in [0.15, 0.2) is 24.3 Å². The van der Waals surface area contributed by atoms with Gasteiger partial charge in [-0.1, -0.05) is 0 Å². The summed E-state index contributed by atoms with van der Waals surface area (Å²) < 4.78 is 5.38. The van der Waals surface area contributed by atoms with Crippen LogP contribution in [0.5, 0.6) is 5.75 Å². The van der Waals surface area contributed by atoms with Gasteiger partial charge in [0.15, 0.2) is 0 Å². The quantitative estimate of drug-likeness (QED) is 0.879. The van der Waals surface area contributed by atoms with Crippen LogP contribution in [0.2, 0.25) is 0 Å². The van der Waals surface area contributed by atoms with E-state index >= 15 is 0 Å². The van der Waals surface area contributed by atoms with Gasteiger partial charge in [-0.05, 0) is 70.0 Å². The monoisotopic (exact) mass is 312 g/mol. The Kier molecular flexibility index (Phi) is 7.54. The Morgan fingerprint density at radius 2 is 2.14 bits per heavy atom. The van der Waals surface area contributed by atoms with Crippen LogP contribution < -0.4 is 15.4 Å². The van der Waals surface area contributed by atoms with Gasteiger partial charge in [-0.15, -0.1) is 12.4 Å². The number of piperidine rings is 1. The lowest BCUT2D eigenvalue weighted by Gasteiger charge is -2.28. The van der Waals surface area contributed by atoms with Gasteiger partial charge in [0.2, 0.25) is 0 Å². The van der Waals surface area contributed by atoms with Crippen molar-refractivity contribution >= 4 is 18.3 Å². The minimum atomic E-state index is -0.00822. The number of ether oxygens (including phenoxy) is 1. The lowest BCUT2D eigenvalue weighted by molar-refractivity contribution is 0.0922. The molecule has 1 amide bonds. The largest absolute Gasteiger partial charge is 0.494 e. The Morgan fingerprint density at radius 3 is 2.71 bits per heavy atom. The molecule has 4 nitrogen and oxygen atoms in total. The molecule has 0 aliphatic carbocycles. The molecule has 1 aliphatic rings. The summed E-state index contributed by atoms with van der Waals surface area (Å²) >= 11 is 0. The van der Waals surface area contributed by atoms with Gasteiger partial charge in [-0.3, -0.25) is 4.79 Å². The minimum Gasteiger partial charge on any atom is -0.494 e. The first kappa shape index (κ1) is 17.8. The molecule has 2 rings (SSSR count). The van der Waals surface area contributed by atoms with Crippen molar-refractivity contribution in [3.63, 3.8) is 0 Å². The second kappa shape index (κ2) is 8.90. The van der Waals surface area contributed by atoms with Gasteiger partial charge in [-0.25, -0.2) is 0 Å². The molecule has 0 radical (unpaired) electrons. The zero-order valence-corrected chi connectivity index (χ0v) is 13.5. The van der Waals surface area contributed by atoms with E-state index in [1.54, 1.807) is 0 Å². The highest BCUT2D eigenvalue weighted by molar-refractivity contribution is 5.94.